The molecule has 152 valence electrons. The minimum Gasteiger partial charge on any atom is -0.384 e. The number of pyridine rings is 2. The third kappa shape index (κ3) is 3.55. The molecule has 0 spiro atoms. The Kier molecular flexibility index (Phi) is 4.93. The van der Waals surface area contributed by atoms with E-state index in [-0.39, 0.29) is 5.82 Å². The topological polar surface area (TPSA) is 79.6 Å². The number of nitrogens with zero attached hydrogens (tertiary/aromatic N) is 2. The van der Waals surface area contributed by atoms with Crippen molar-refractivity contribution in [3.05, 3.63) is 77.4 Å². The Balaban J connectivity index is 1.60. The second kappa shape index (κ2) is 7.88. The van der Waals surface area contributed by atoms with E-state index in [0.717, 1.165) is 53.8 Å². The zero-order valence-electron chi connectivity index (χ0n) is 16.7. The molecule has 0 amide bonds. The van der Waals surface area contributed by atoms with E-state index in [0.29, 0.717) is 23.7 Å². The predicted octanol–water partition coefficient (Wildman–Crippen LogP) is 4.40. The highest BCUT2D eigenvalue weighted by Gasteiger charge is 2.20. The van der Waals surface area contributed by atoms with Crippen molar-refractivity contribution in [1.82, 2.24) is 20.3 Å². The van der Waals surface area contributed by atoms with Gasteiger partial charge in [-0.1, -0.05) is 24.3 Å². The normalized spacial score (nSPS) is 15.0. The first-order chi connectivity index (χ1) is 14.7. The Labute approximate surface area is 174 Å². The molecule has 4 N–H and O–H groups in total. The van der Waals surface area contributed by atoms with Gasteiger partial charge in [-0.25, -0.2) is 14.4 Å². The van der Waals surface area contributed by atoms with Gasteiger partial charge in [0.2, 0.25) is 0 Å². The van der Waals surface area contributed by atoms with Crippen LogP contribution in [0.4, 0.5) is 10.2 Å². The summed E-state index contributed by atoms with van der Waals surface area (Å²) in [6.45, 7) is 2.06. The first kappa shape index (κ1) is 18.8. The number of nitrogens with one attached hydrogen (secondary N) is 2. The van der Waals surface area contributed by atoms with Crippen LogP contribution in [0.5, 0.6) is 0 Å². The van der Waals surface area contributed by atoms with Gasteiger partial charge in [-0.3, -0.25) is 0 Å². The summed E-state index contributed by atoms with van der Waals surface area (Å²) in [6, 6.07) is 14.7. The lowest BCUT2D eigenvalue weighted by Gasteiger charge is -2.21. The first-order valence-electron chi connectivity index (χ1n) is 10.4. The molecule has 4 aromatic rings. The third-order valence-corrected chi connectivity index (χ3v) is 5.93. The van der Waals surface area contributed by atoms with Crippen molar-refractivity contribution >= 4 is 16.9 Å². The molecule has 0 bridgehead atoms. The first-order valence-corrected chi connectivity index (χ1v) is 10.4. The summed E-state index contributed by atoms with van der Waals surface area (Å²) < 4.78 is 14.3. The molecular formula is C24H24FN5. The lowest BCUT2D eigenvalue weighted by molar-refractivity contribution is 0.455. The van der Waals surface area contributed by atoms with E-state index in [1.54, 1.807) is 18.3 Å². The monoisotopic (exact) mass is 401 g/mol. The zero-order chi connectivity index (χ0) is 20.5. The number of nitrogens with two attached hydrogens (primary N) is 1. The summed E-state index contributed by atoms with van der Waals surface area (Å²) >= 11 is 0. The fourth-order valence-electron chi connectivity index (χ4n) is 4.33. The van der Waals surface area contributed by atoms with Gasteiger partial charge < -0.3 is 16.0 Å². The number of hydrogen-bond acceptors (Lipinski definition) is 4. The molecule has 6 heteroatoms. The Morgan fingerprint density at radius 3 is 2.70 bits per heavy atom. The molecule has 1 aliphatic rings. The lowest BCUT2D eigenvalue weighted by atomic mass is 9.94. The summed E-state index contributed by atoms with van der Waals surface area (Å²) in [5.74, 6) is 0.733. The van der Waals surface area contributed by atoms with Crippen LogP contribution in [0.25, 0.3) is 22.3 Å². The molecule has 1 aliphatic heterocycles. The van der Waals surface area contributed by atoms with E-state index < -0.39 is 0 Å². The molecule has 5 rings (SSSR count). The van der Waals surface area contributed by atoms with Gasteiger partial charge in [0.05, 0.1) is 5.69 Å². The Hall–Kier alpha value is -3.25. The molecule has 1 saturated heterocycles. The highest BCUT2D eigenvalue weighted by atomic mass is 19.1. The van der Waals surface area contributed by atoms with Gasteiger partial charge in [0, 0.05) is 35.2 Å². The van der Waals surface area contributed by atoms with Crippen LogP contribution < -0.4 is 11.1 Å². The smallest absolute Gasteiger partial charge is 0.138 e. The average Bonchev–Trinajstić information content (AvgIpc) is 3.22. The van der Waals surface area contributed by atoms with Crippen LogP contribution in [0.1, 0.15) is 35.6 Å². The van der Waals surface area contributed by atoms with Crippen molar-refractivity contribution in [2.75, 3.05) is 18.8 Å². The number of aromatic nitrogens is 3. The molecule has 5 nitrogen and oxygen atoms in total. The summed E-state index contributed by atoms with van der Waals surface area (Å²) in [5.41, 5.74) is 11.4. The number of hydrogen-bond donors (Lipinski definition) is 3. The molecule has 30 heavy (non-hydrogen) atoms. The quantitative estimate of drug-likeness (QED) is 0.473. The molecule has 4 heterocycles. The highest BCUT2D eigenvalue weighted by Crippen LogP contribution is 2.34. The predicted molar refractivity (Wildman–Crippen MR) is 118 cm³/mol. The number of halogens is 1. The molecule has 0 atom stereocenters. The minimum absolute atomic E-state index is 0.213. The summed E-state index contributed by atoms with van der Waals surface area (Å²) in [7, 11) is 0. The van der Waals surface area contributed by atoms with Crippen molar-refractivity contribution in [2.24, 2.45) is 0 Å². The van der Waals surface area contributed by atoms with Crippen LogP contribution in [0, 0.1) is 5.82 Å². The van der Waals surface area contributed by atoms with Crippen LogP contribution in [0.3, 0.4) is 0 Å². The van der Waals surface area contributed by atoms with Crippen molar-refractivity contribution in [3.63, 3.8) is 0 Å². The molecule has 1 fully saturated rings. The van der Waals surface area contributed by atoms with Gasteiger partial charge in [0.25, 0.3) is 0 Å². The second-order valence-electron chi connectivity index (χ2n) is 7.88. The van der Waals surface area contributed by atoms with Crippen LogP contribution in [-0.4, -0.2) is 28.0 Å². The molecular weight excluding hydrogens is 377 g/mol. The van der Waals surface area contributed by atoms with Crippen LogP contribution in [0.2, 0.25) is 0 Å². The van der Waals surface area contributed by atoms with Gasteiger partial charge in [0.1, 0.15) is 17.3 Å². The maximum absolute atomic E-state index is 14.3. The Morgan fingerprint density at radius 1 is 1.03 bits per heavy atom. The highest BCUT2D eigenvalue weighted by molar-refractivity contribution is 5.93. The third-order valence-electron chi connectivity index (χ3n) is 5.93. The van der Waals surface area contributed by atoms with E-state index in [1.165, 1.54) is 11.8 Å². The van der Waals surface area contributed by atoms with Crippen molar-refractivity contribution in [3.8, 4) is 11.3 Å². The lowest BCUT2D eigenvalue weighted by Crippen LogP contribution is -2.26. The van der Waals surface area contributed by atoms with E-state index in [9.17, 15) is 4.39 Å². The largest absolute Gasteiger partial charge is 0.384 e. The van der Waals surface area contributed by atoms with Gasteiger partial charge in [0.15, 0.2) is 0 Å². The summed E-state index contributed by atoms with van der Waals surface area (Å²) in [4.78, 5) is 12.7. The zero-order valence-corrected chi connectivity index (χ0v) is 16.7. The molecule has 3 aromatic heterocycles. The number of piperidine rings is 1. The van der Waals surface area contributed by atoms with Crippen LogP contribution in [0.15, 0.2) is 54.7 Å². The number of aromatic amines is 1. The van der Waals surface area contributed by atoms with Crippen LogP contribution in [-0.2, 0) is 6.42 Å². The molecule has 0 aliphatic carbocycles. The van der Waals surface area contributed by atoms with Gasteiger partial charge in [-0.15, -0.1) is 0 Å². The summed E-state index contributed by atoms with van der Waals surface area (Å²) in [6.07, 6.45) is 4.46. The van der Waals surface area contributed by atoms with Gasteiger partial charge in [-0.05, 0) is 61.3 Å². The Bertz CT molecular complexity index is 1190. The minimum atomic E-state index is -0.213. The number of anilines is 1. The number of benzene rings is 1. The number of H-pyrrole nitrogens is 1. The van der Waals surface area contributed by atoms with E-state index in [2.05, 4.69) is 26.3 Å². The maximum Gasteiger partial charge on any atom is 0.138 e. The summed E-state index contributed by atoms with van der Waals surface area (Å²) in [5, 5.41) is 4.44. The SMILES string of the molecule is Nc1ccc(Cc2ccccc2F)c(-c2ccnc3[nH]c(C4CCNCC4)cc23)n1. The molecule has 1 aromatic carbocycles. The van der Waals surface area contributed by atoms with Crippen molar-refractivity contribution in [1.29, 1.82) is 0 Å². The number of nitrogen functional groups attached to an aromatic ring is 1. The van der Waals surface area contributed by atoms with Crippen LogP contribution >= 0.6 is 0 Å². The maximum atomic E-state index is 14.3. The fourth-order valence-corrected chi connectivity index (χ4v) is 4.33. The fraction of sp³-hybridized carbons (Fsp3) is 0.250. The van der Waals surface area contributed by atoms with Gasteiger partial charge in [-0.2, -0.15) is 0 Å². The standard InChI is InChI=1S/C24H24FN5/c25-20-4-2-1-3-16(20)13-17-5-6-22(26)30-23(17)18-9-12-28-24-19(18)14-21(29-24)15-7-10-27-11-8-15/h1-6,9,12,14-15,27H,7-8,10-11,13H2,(H2,26,30)(H,28,29). The number of rotatable bonds is 4. The molecule has 0 saturated carbocycles. The second-order valence-corrected chi connectivity index (χ2v) is 7.88. The van der Waals surface area contributed by atoms with Gasteiger partial charge >= 0.3 is 0 Å². The van der Waals surface area contributed by atoms with E-state index >= 15 is 0 Å². The average molecular weight is 401 g/mol. The molecule has 0 unspecified atom stereocenters. The van der Waals surface area contributed by atoms with Crippen molar-refractivity contribution in [2.45, 2.75) is 25.2 Å². The number of fused-ring (bicyclic) bond motifs is 1. The molecule has 0 radical (unpaired) electrons. The van der Waals surface area contributed by atoms with E-state index in [4.69, 9.17) is 5.73 Å². The van der Waals surface area contributed by atoms with E-state index in [1.807, 2.05) is 24.3 Å². The van der Waals surface area contributed by atoms with Crippen molar-refractivity contribution < 1.29 is 4.39 Å². The Morgan fingerprint density at radius 2 is 1.87 bits per heavy atom.